The van der Waals surface area contributed by atoms with E-state index in [0.29, 0.717) is 24.0 Å². The fourth-order valence-electron chi connectivity index (χ4n) is 4.07. The van der Waals surface area contributed by atoms with E-state index in [9.17, 15) is 14.4 Å². The summed E-state index contributed by atoms with van der Waals surface area (Å²) < 4.78 is 5.39. The smallest absolute Gasteiger partial charge is 0.258 e. The lowest BCUT2D eigenvalue weighted by atomic mass is 9.92. The Morgan fingerprint density at radius 2 is 1.91 bits per heavy atom. The molecule has 1 aromatic carbocycles. The van der Waals surface area contributed by atoms with Crippen LogP contribution >= 0.6 is 0 Å². The molecular weight excluding hydrogens is 426 g/mol. The maximum absolute atomic E-state index is 13.0. The number of H-pyrrole nitrogens is 1. The Bertz CT molecular complexity index is 1090. The van der Waals surface area contributed by atoms with Gasteiger partial charge in [-0.05, 0) is 50.5 Å². The average molecular weight is 456 g/mol. The fraction of sp³-hybridized carbons (Fsp3) is 0.391. The van der Waals surface area contributed by atoms with Gasteiger partial charge in [-0.2, -0.15) is 4.98 Å². The molecule has 1 atom stereocenters. The summed E-state index contributed by atoms with van der Waals surface area (Å²) in [5.74, 6) is -0.568. The van der Waals surface area contributed by atoms with E-state index in [1.165, 1.54) is 0 Å². The SMILES string of the molecule is C=C(OCC)c1ccc(NC(=O)C2CC(=O)Nc3nc(N4CCCCC4)[nH]c(=O)c32)cc1.O. The molecule has 1 aromatic heterocycles. The van der Waals surface area contributed by atoms with Gasteiger partial charge in [0.05, 0.1) is 18.1 Å². The van der Waals surface area contributed by atoms with Crippen molar-refractivity contribution in [1.29, 1.82) is 0 Å². The molecule has 10 nitrogen and oxygen atoms in total. The summed E-state index contributed by atoms with van der Waals surface area (Å²) in [5.41, 5.74) is 1.13. The van der Waals surface area contributed by atoms with Gasteiger partial charge in [-0.15, -0.1) is 0 Å². The second-order valence-corrected chi connectivity index (χ2v) is 7.93. The zero-order valence-corrected chi connectivity index (χ0v) is 18.6. The molecular formula is C23H29N5O5. The van der Waals surface area contributed by atoms with Crippen LogP contribution in [0.5, 0.6) is 0 Å². The van der Waals surface area contributed by atoms with Gasteiger partial charge in [0.15, 0.2) is 0 Å². The van der Waals surface area contributed by atoms with Gasteiger partial charge in [0.25, 0.3) is 5.56 Å². The molecule has 2 amide bonds. The van der Waals surface area contributed by atoms with Crippen molar-refractivity contribution in [2.24, 2.45) is 0 Å². The van der Waals surface area contributed by atoms with E-state index in [0.717, 1.165) is 37.9 Å². The Labute approximate surface area is 191 Å². The number of ether oxygens (including phenoxy) is 1. The molecule has 0 saturated carbocycles. The molecule has 1 unspecified atom stereocenters. The standard InChI is InChI=1S/C23H27N5O4.H2O/c1-3-32-14(2)15-7-9-16(10-8-15)24-21(30)17-13-18(29)25-20-19(17)22(31)27-23(26-20)28-11-5-4-6-12-28;/h7-10,17H,2-6,11-13H2,1H3,(H,24,30)(H2,25,26,27,29,31);1H2. The number of nitrogens with one attached hydrogen (secondary N) is 3. The third-order valence-electron chi connectivity index (χ3n) is 5.70. The predicted octanol–water partition coefficient (Wildman–Crippen LogP) is 2.01. The van der Waals surface area contributed by atoms with Crippen LogP contribution in [0, 0.1) is 0 Å². The van der Waals surface area contributed by atoms with Crippen molar-refractivity contribution in [2.75, 3.05) is 35.2 Å². The zero-order valence-electron chi connectivity index (χ0n) is 18.6. The first-order valence-corrected chi connectivity index (χ1v) is 10.9. The molecule has 5 N–H and O–H groups in total. The summed E-state index contributed by atoms with van der Waals surface area (Å²) in [6.07, 6.45) is 3.07. The summed E-state index contributed by atoms with van der Waals surface area (Å²) in [6, 6.07) is 7.02. The van der Waals surface area contributed by atoms with Crippen molar-refractivity contribution < 1.29 is 19.8 Å². The van der Waals surface area contributed by atoms with Crippen LogP contribution in [-0.4, -0.2) is 47.0 Å². The minimum Gasteiger partial charge on any atom is -0.494 e. The number of benzene rings is 1. The van der Waals surface area contributed by atoms with Crippen LogP contribution < -0.4 is 21.1 Å². The zero-order chi connectivity index (χ0) is 22.7. The third kappa shape index (κ3) is 5.23. The van der Waals surface area contributed by atoms with Crippen molar-refractivity contribution in [2.45, 2.75) is 38.5 Å². The summed E-state index contributed by atoms with van der Waals surface area (Å²) in [4.78, 5) is 47.5. The van der Waals surface area contributed by atoms with Crippen LogP contribution in [0.1, 0.15) is 49.7 Å². The van der Waals surface area contributed by atoms with Crippen LogP contribution in [-0.2, 0) is 14.3 Å². The van der Waals surface area contributed by atoms with Gasteiger partial charge < -0.3 is 25.7 Å². The number of hydrogen-bond donors (Lipinski definition) is 3. The lowest BCUT2D eigenvalue weighted by Crippen LogP contribution is -2.38. The molecule has 2 aromatic rings. The first kappa shape index (κ1) is 24.0. The summed E-state index contributed by atoms with van der Waals surface area (Å²) in [6.45, 7) is 7.85. The van der Waals surface area contributed by atoms with E-state index in [1.54, 1.807) is 24.3 Å². The van der Waals surface area contributed by atoms with Gasteiger partial charge in [-0.1, -0.05) is 6.58 Å². The number of carbonyl (C=O) groups excluding carboxylic acids is 2. The molecule has 3 heterocycles. The number of nitrogens with zero attached hydrogens (tertiary/aromatic N) is 2. The highest BCUT2D eigenvalue weighted by atomic mass is 16.5. The second-order valence-electron chi connectivity index (χ2n) is 7.93. The molecule has 10 heteroatoms. The normalized spacial score (nSPS) is 17.3. The van der Waals surface area contributed by atoms with Gasteiger partial charge in [-0.25, -0.2) is 0 Å². The maximum Gasteiger partial charge on any atom is 0.258 e. The number of anilines is 3. The van der Waals surface area contributed by atoms with Crippen LogP contribution in [0.4, 0.5) is 17.5 Å². The highest BCUT2D eigenvalue weighted by Crippen LogP contribution is 2.30. The monoisotopic (exact) mass is 455 g/mol. The molecule has 0 spiro atoms. The molecule has 2 aliphatic rings. The summed E-state index contributed by atoms with van der Waals surface area (Å²) in [7, 11) is 0. The molecule has 1 fully saturated rings. The minimum atomic E-state index is -0.927. The van der Waals surface area contributed by atoms with E-state index in [1.807, 2.05) is 11.8 Å². The number of fused-ring (bicyclic) bond motifs is 1. The van der Waals surface area contributed by atoms with E-state index in [2.05, 4.69) is 27.2 Å². The Morgan fingerprint density at radius 1 is 1.21 bits per heavy atom. The quantitative estimate of drug-likeness (QED) is 0.568. The number of carbonyl (C=O) groups is 2. The van der Waals surface area contributed by atoms with Gasteiger partial charge in [-0.3, -0.25) is 19.4 Å². The van der Waals surface area contributed by atoms with Crippen molar-refractivity contribution in [1.82, 2.24) is 9.97 Å². The van der Waals surface area contributed by atoms with Crippen LogP contribution in [0.25, 0.3) is 5.76 Å². The molecule has 0 radical (unpaired) electrons. The lowest BCUT2D eigenvalue weighted by Gasteiger charge is -2.29. The highest BCUT2D eigenvalue weighted by Gasteiger charge is 2.35. The number of amides is 2. The molecule has 33 heavy (non-hydrogen) atoms. The Kier molecular flexibility index (Phi) is 7.49. The molecule has 0 bridgehead atoms. The van der Waals surface area contributed by atoms with Crippen LogP contribution in [0.3, 0.4) is 0 Å². The van der Waals surface area contributed by atoms with Gasteiger partial charge in [0, 0.05) is 30.8 Å². The largest absolute Gasteiger partial charge is 0.494 e. The van der Waals surface area contributed by atoms with Crippen molar-refractivity contribution >= 4 is 35.0 Å². The maximum atomic E-state index is 13.0. The molecule has 0 aliphatic carbocycles. The number of rotatable bonds is 6. The average Bonchev–Trinajstić information content (AvgIpc) is 2.79. The lowest BCUT2D eigenvalue weighted by molar-refractivity contribution is -0.123. The third-order valence-corrected chi connectivity index (χ3v) is 5.70. The minimum absolute atomic E-state index is 0. The van der Waals surface area contributed by atoms with Gasteiger partial charge >= 0.3 is 0 Å². The Balaban J connectivity index is 0.00000306. The predicted molar refractivity (Wildman–Crippen MR) is 126 cm³/mol. The van der Waals surface area contributed by atoms with E-state index >= 15 is 0 Å². The van der Waals surface area contributed by atoms with E-state index < -0.39 is 17.4 Å². The van der Waals surface area contributed by atoms with Crippen LogP contribution in [0.15, 0.2) is 35.6 Å². The van der Waals surface area contributed by atoms with Crippen molar-refractivity contribution in [3.8, 4) is 0 Å². The molecule has 4 rings (SSSR count). The van der Waals surface area contributed by atoms with E-state index in [4.69, 9.17) is 4.74 Å². The van der Waals surface area contributed by atoms with Crippen molar-refractivity contribution in [3.63, 3.8) is 0 Å². The number of aromatic nitrogens is 2. The molecule has 176 valence electrons. The van der Waals surface area contributed by atoms with Crippen molar-refractivity contribution in [3.05, 3.63) is 52.3 Å². The van der Waals surface area contributed by atoms with E-state index in [-0.39, 0.29) is 29.2 Å². The molecule has 1 saturated heterocycles. The molecule has 2 aliphatic heterocycles. The first-order valence-electron chi connectivity index (χ1n) is 10.9. The van der Waals surface area contributed by atoms with Crippen LogP contribution in [0.2, 0.25) is 0 Å². The number of hydrogen-bond acceptors (Lipinski definition) is 6. The number of piperidine rings is 1. The Hall–Kier alpha value is -3.66. The number of aromatic amines is 1. The summed E-state index contributed by atoms with van der Waals surface area (Å²) in [5, 5.41) is 5.46. The fourth-order valence-corrected chi connectivity index (χ4v) is 4.07. The summed E-state index contributed by atoms with van der Waals surface area (Å²) >= 11 is 0. The highest BCUT2D eigenvalue weighted by molar-refractivity contribution is 6.04. The Morgan fingerprint density at radius 3 is 2.58 bits per heavy atom. The first-order chi connectivity index (χ1) is 15.5. The van der Waals surface area contributed by atoms with Gasteiger partial charge in [0.1, 0.15) is 11.6 Å². The van der Waals surface area contributed by atoms with Gasteiger partial charge in [0.2, 0.25) is 17.8 Å². The topological polar surface area (TPSA) is 148 Å². The second kappa shape index (κ2) is 10.3.